The predicted octanol–water partition coefficient (Wildman–Crippen LogP) is 5.51. The average Bonchev–Trinajstić information content (AvgIpc) is 2.66. The van der Waals surface area contributed by atoms with Crippen molar-refractivity contribution in [3.63, 3.8) is 0 Å². The molecule has 0 fully saturated rings. The zero-order chi connectivity index (χ0) is 21.2. The molecule has 0 unspecified atom stereocenters. The molecule has 1 aromatic heterocycles. The molecular formula is C22H21BrIN3O2. The molecule has 3 rings (SSSR count). The molecule has 0 bridgehead atoms. The number of rotatable bonds is 5. The molecule has 0 aliphatic rings. The summed E-state index contributed by atoms with van der Waals surface area (Å²) in [7, 11) is 0. The summed E-state index contributed by atoms with van der Waals surface area (Å²) < 4.78 is 8.78. The highest BCUT2D eigenvalue weighted by Gasteiger charge is 2.22. The highest BCUT2D eigenvalue weighted by Crippen LogP contribution is 2.24. The van der Waals surface area contributed by atoms with Gasteiger partial charge >= 0.3 is 0 Å². The van der Waals surface area contributed by atoms with Crippen LogP contribution < -0.4 is 10.3 Å². The second-order valence-electron chi connectivity index (χ2n) is 7.50. The third-order valence-corrected chi connectivity index (χ3v) is 5.45. The number of ether oxygens (including phenoxy) is 1. The van der Waals surface area contributed by atoms with Gasteiger partial charge in [-0.15, -0.1) is 0 Å². The maximum atomic E-state index is 13.2. The zero-order valence-electron chi connectivity index (χ0n) is 16.4. The van der Waals surface area contributed by atoms with Crippen molar-refractivity contribution in [3.05, 3.63) is 78.8 Å². The van der Waals surface area contributed by atoms with Crippen LogP contribution in [0.15, 0.2) is 63.4 Å². The van der Waals surface area contributed by atoms with Crippen LogP contribution in [0.4, 0.5) is 0 Å². The number of aromatic nitrogens is 2. The van der Waals surface area contributed by atoms with Gasteiger partial charge in [0.25, 0.3) is 5.56 Å². The van der Waals surface area contributed by atoms with Crippen molar-refractivity contribution in [1.82, 2.24) is 9.66 Å². The molecule has 2 aromatic carbocycles. The summed E-state index contributed by atoms with van der Waals surface area (Å²) >= 11 is 5.64. The van der Waals surface area contributed by atoms with Gasteiger partial charge in [0.2, 0.25) is 0 Å². The van der Waals surface area contributed by atoms with Crippen molar-refractivity contribution in [3.8, 4) is 5.75 Å². The lowest BCUT2D eigenvalue weighted by atomic mass is 9.95. The summed E-state index contributed by atoms with van der Waals surface area (Å²) in [6, 6.07) is 11.2. The number of benzene rings is 2. The van der Waals surface area contributed by atoms with Gasteiger partial charge in [0.05, 0.1) is 20.7 Å². The second kappa shape index (κ2) is 8.79. The number of hydrogen-bond donors (Lipinski definition) is 0. The van der Waals surface area contributed by atoms with Crippen molar-refractivity contribution >= 4 is 55.6 Å². The van der Waals surface area contributed by atoms with E-state index in [1.54, 1.807) is 18.4 Å². The normalized spacial score (nSPS) is 11.9. The molecular weight excluding hydrogens is 545 g/mol. The summed E-state index contributed by atoms with van der Waals surface area (Å²) in [6.45, 7) is 10.2. The lowest BCUT2D eigenvalue weighted by Gasteiger charge is -2.20. The fourth-order valence-electron chi connectivity index (χ4n) is 2.73. The summed E-state index contributed by atoms with van der Waals surface area (Å²) in [5.41, 5.74) is 0.974. The van der Waals surface area contributed by atoms with Gasteiger partial charge < -0.3 is 4.74 Å². The van der Waals surface area contributed by atoms with E-state index in [4.69, 9.17) is 9.72 Å². The Morgan fingerprint density at radius 1 is 1.28 bits per heavy atom. The van der Waals surface area contributed by atoms with Gasteiger partial charge in [-0.1, -0.05) is 49.4 Å². The van der Waals surface area contributed by atoms with E-state index in [1.165, 1.54) is 4.68 Å². The van der Waals surface area contributed by atoms with E-state index in [0.717, 1.165) is 19.4 Å². The highest BCUT2D eigenvalue weighted by molar-refractivity contribution is 14.1. The maximum absolute atomic E-state index is 13.2. The van der Waals surface area contributed by atoms with Crippen molar-refractivity contribution in [2.75, 3.05) is 6.61 Å². The largest absolute Gasteiger partial charge is 0.488 e. The molecule has 3 aromatic rings. The Labute approximate surface area is 191 Å². The maximum Gasteiger partial charge on any atom is 0.282 e. The van der Waals surface area contributed by atoms with E-state index in [2.05, 4.69) is 50.2 Å². The molecule has 0 spiro atoms. The van der Waals surface area contributed by atoms with Gasteiger partial charge in [-0.05, 0) is 64.6 Å². The third-order valence-electron chi connectivity index (χ3n) is 4.11. The molecule has 0 aliphatic carbocycles. The molecule has 0 radical (unpaired) electrons. The molecule has 0 N–H and O–H groups in total. The molecule has 5 nitrogen and oxygen atoms in total. The Morgan fingerprint density at radius 2 is 2.03 bits per heavy atom. The summed E-state index contributed by atoms with van der Waals surface area (Å²) in [5, 5.41) is 5.02. The van der Waals surface area contributed by atoms with Gasteiger partial charge in [-0.3, -0.25) is 4.79 Å². The first kappa shape index (κ1) is 21.7. The first-order chi connectivity index (χ1) is 13.7. The van der Waals surface area contributed by atoms with Crippen LogP contribution in [-0.4, -0.2) is 22.5 Å². The van der Waals surface area contributed by atoms with Gasteiger partial charge in [-0.25, -0.2) is 4.98 Å². The SMILES string of the molecule is C=CCOc1ccc(C=Nn2c(C(C)(C)C)nc3ccc(Br)cc3c2=O)cc1I. The molecule has 0 amide bonds. The number of fused-ring (bicyclic) bond motifs is 1. The Bertz CT molecular complexity index is 1160. The number of halogens is 2. The Hall–Kier alpha value is -2.00. The smallest absolute Gasteiger partial charge is 0.282 e. The number of hydrogen-bond acceptors (Lipinski definition) is 4. The Kier molecular flexibility index (Phi) is 6.58. The van der Waals surface area contributed by atoms with Crippen molar-refractivity contribution < 1.29 is 4.74 Å². The van der Waals surface area contributed by atoms with Crippen LogP contribution in [0, 0.1) is 3.57 Å². The minimum Gasteiger partial charge on any atom is -0.488 e. The summed E-state index contributed by atoms with van der Waals surface area (Å²) in [5.74, 6) is 1.39. The zero-order valence-corrected chi connectivity index (χ0v) is 20.2. The fraction of sp³-hybridized carbons (Fsp3) is 0.227. The minimum absolute atomic E-state index is 0.196. The van der Waals surface area contributed by atoms with Crippen LogP contribution in [0.25, 0.3) is 10.9 Å². The predicted molar refractivity (Wildman–Crippen MR) is 130 cm³/mol. The van der Waals surface area contributed by atoms with Gasteiger partial charge in [0, 0.05) is 9.89 Å². The monoisotopic (exact) mass is 565 g/mol. The third kappa shape index (κ3) is 4.95. The summed E-state index contributed by atoms with van der Waals surface area (Å²) in [4.78, 5) is 17.9. The Morgan fingerprint density at radius 3 is 2.69 bits per heavy atom. The van der Waals surface area contributed by atoms with Crippen molar-refractivity contribution in [1.29, 1.82) is 0 Å². The molecule has 150 valence electrons. The standard InChI is InChI=1S/C22H21BrIN3O2/c1-5-10-29-19-9-6-14(11-17(19)24)13-25-27-20(28)16-12-15(23)7-8-18(16)26-21(27)22(2,3)4/h5-9,11-13H,1,10H2,2-4H3. The van der Waals surface area contributed by atoms with Crippen LogP contribution in [0.1, 0.15) is 32.2 Å². The van der Waals surface area contributed by atoms with E-state index in [1.807, 2.05) is 51.1 Å². The quantitative estimate of drug-likeness (QED) is 0.233. The molecule has 0 saturated heterocycles. The Balaban J connectivity index is 2.09. The topological polar surface area (TPSA) is 56.5 Å². The molecule has 0 aliphatic heterocycles. The van der Waals surface area contributed by atoms with Gasteiger partial charge in [0.15, 0.2) is 0 Å². The molecule has 0 atom stereocenters. The van der Waals surface area contributed by atoms with Crippen LogP contribution in [0.2, 0.25) is 0 Å². The molecule has 29 heavy (non-hydrogen) atoms. The first-order valence-electron chi connectivity index (χ1n) is 9.01. The first-order valence-corrected chi connectivity index (χ1v) is 10.9. The van der Waals surface area contributed by atoms with Crippen LogP contribution in [0.3, 0.4) is 0 Å². The highest BCUT2D eigenvalue weighted by atomic mass is 127. The molecule has 1 heterocycles. The fourth-order valence-corrected chi connectivity index (χ4v) is 3.79. The molecule has 7 heteroatoms. The minimum atomic E-state index is -0.353. The van der Waals surface area contributed by atoms with E-state index in [9.17, 15) is 4.79 Å². The van der Waals surface area contributed by atoms with Crippen molar-refractivity contribution in [2.45, 2.75) is 26.2 Å². The van der Waals surface area contributed by atoms with E-state index in [0.29, 0.717) is 23.3 Å². The van der Waals surface area contributed by atoms with Gasteiger partial charge in [-0.2, -0.15) is 9.78 Å². The average molecular weight is 566 g/mol. The van der Waals surface area contributed by atoms with E-state index < -0.39 is 0 Å². The van der Waals surface area contributed by atoms with E-state index in [-0.39, 0.29) is 11.0 Å². The van der Waals surface area contributed by atoms with Crippen LogP contribution >= 0.6 is 38.5 Å². The number of nitrogens with zero attached hydrogens (tertiary/aromatic N) is 3. The van der Waals surface area contributed by atoms with Crippen molar-refractivity contribution in [2.24, 2.45) is 5.10 Å². The second-order valence-corrected chi connectivity index (χ2v) is 9.58. The molecule has 0 saturated carbocycles. The lowest BCUT2D eigenvalue weighted by molar-refractivity contribution is 0.360. The van der Waals surface area contributed by atoms with Crippen LogP contribution in [-0.2, 0) is 5.41 Å². The van der Waals surface area contributed by atoms with E-state index >= 15 is 0 Å². The van der Waals surface area contributed by atoms with Gasteiger partial charge in [0.1, 0.15) is 18.2 Å². The van der Waals surface area contributed by atoms with Crippen LogP contribution in [0.5, 0.6) is 5.75 Å². The lowest BCUT2D eigenvalue weighted by Crippen LogP contribution is -2.29. The summed E-state index contributed by atoms with van der Waals surface area (Å²) in [6.07, 6.45) is 3.37.